The van der Waals surface area contributed by atoms with Gasteiger partial charge in [-0.05, 0) is 42.2 Å². The standard InChI is InChI=1S/C22H26N4/c1-22(2)20-18-10-4-3-9-17(18)12-16-25(20)26(19-11-5-6-13-23-19)21(22)24-14-7-8-15-24/h3-6,9-13,16,20-21H,7-8,14-15H2,1-2H3/t20?,21-/m1/s1. The minimum Gasteiger partial charge on any atom is -0.282 e. The van der Waals surface area contributed by atoms with Crippen LogP contribution in [0.25, 0.3) is 6.08 Å². The molecule has 2 fully saturated rings. The normalized spacial score (nSPS) is 26.8. The Labute approximate surface area is 155 Å². The lowest BCUT2D eigenvalue weighted by molar-refractivity contribution is 0.127. The number of pyridine rings is 1. The highest BCUT2D eigenvalue weighted by Gasteiger charge is 2.56. The monoisotopic (exact) mass is 346 g/mol. The second-order valence-electron chi connectivity index (χ2n) is 8.20. The molecule has 0 N–H and O–H groups in total. The minimum atomic E-state index is 0.0721. The SMILES string of the molecule is CC1(C)C2c3ccccc3C=CN2N(c2ccccn2)[C@H]1N1CCCC1. The molecule has 5 rings (SSSR count). The molecular formula is C22H26N4. The molecule has 0 aliphatic carbocycles. The van der Waals surface area contributed by atoms with Crippen LogP contribution in [0.3, 0.4) is 0 Å². The van der Waals surface area contributed by atoms with Gasteiger partial charge in [-0.2, -0.15) is 0 Å². The number of nitrogens with zero attached hydrogens (tertiary/aromatic N) is 4. The Morgan fingerprint density at radius 1 is 1.00 bits per heavy atom. The van der Waals surface area contributed by atoms with E-state index >= 15 is 0 Å². The predicted octanol–water partition coefficient (Wildman–Crippen LogP) is 4.29. The summed E-state index contributed by atoms with van der Waals surface area (Å²) in [6, 6.07) is 15.4. The van der Waals surface area contributed by atoms with E-state index in [1.807, 2.05) is 12.3 Å². The summed E-state index contributed by atoms with van der Waals surface area (Å²) in [5, 5.41) is 4.86. The molecule has 0 saturated carbocycles. The van der Waals surface area contributed by atoms with Crippen LogP contribution in [0.2, 0.25) is 0 Å². The molecule has 4 nitrogen and oxygen atoms in total. The van der Waals surface area contributed by atoms with Gasteiger partial charge in [-0.25, -0.2) is 9.99 Å². The lowest BCUT2D eigenvalue weighted by Crippen LogP contribution is -2.52. The van der Waals surface area contributed by atoms with Crippen molar-refractivity contribution in [1.29, 1.82) is 0 Å². The molecule has 4 heteroatoms. The van der Waals surface area contributed by atoms with Gasteiger partial charge in [0.25, 0.3) is 0 Å². The first-order chi connectivity index (χ1) is 12.7. The molecular weight excluding hydrogens is 320 g/mol. The van der Waals surface area contributed by atoms with Crippen LogP contribution in [0.5, 0.6) is 0 Å². The van der Waals surface area contributed by atoms with Crippen LogP contribution < -0.4 is 5.01 Å². The molecule has 0 amide bonds. The molecule has 1 unspecified atom stereocenters. The van der Waals surface area contributed by atoms with Gasteiger partial charge in [0.15, 0.2) is 0 Å². The van der Waals surface area contributed by atoms with Crippen molar-refractivity contribution in [2.75, 3.05) is 18.1 Å². The van der Waals surface area contributed by atoms with Crippen molar-refractivity contribution in [3.05, 3.63) is 66.0 Å². The Balaban J connectivity index is 1.68. The van der Waals surface area contributed by atoms with Crippen LogP contribution >= 0.6 is 0 Å². The van der Waals surface area contributed by atoms with Crippen LogP contribution in [-0.2, 0) is 0 Å². The zero-order valence-corrected chi connectivity index (χ0v) is 15.5. The van der Waals surface area contributed by atoms with Crippen molar-refractivity contribution in [2.45, 2.75) is 38.9 Å². The lowest BCUT2D eigenvalue weighted by Gasteiger charge is -2.39. The second-order valence-corrected chi connectivity index (χ2v) is 8.20. The summed E-state index contributed by atoms with van der Waals surface area (Å²) in [6.45, 7) is 7.19. The highest BCUT2D eigenvalue weighted by molar-refractivity contribution is 5.60. The minimum absolute atomic E-state index is 0.0721. The second kappa shape index (κ2) is 5.85. The quantitative estimate of drug-likeness (QED) is 0.809. The third-order valence-corrected chi connectivity index (χ3v) is 6.18. The van der Waals surface area contributed by atoms with Crippen molar-refractivity contribution < 1.29 is 0 Å². The number of benzene rings is 1. The lowest BCUT2D eigenvalue weighted by atomic mass is 9.76. The maximum absolute atomic E-state index is 4.72. The number of hydrogen-bond donors (Lipinski definition) is 0. The molecule has 2 atom stereocenters. The average Bonchev–Trinajstić information content (AvgIpc) is 3.26. The van der Waals surface area contributed by atoms with E-state index in [1.54, 1.807) is 0 Å². The van der Waals surface area contributed by atoms with Crippen LogP contribution in [0.1, 0.15) is 43.9 Å². The first-order valence-electron chi connectivity index (χ1n) is 9.67. The molecule has 0 spiro atoms. The first-order valence-corrected chi connectivity index (χ1v) is 9.67. The summed E-state index contributed by atoms with van der Waals surface area (Å²) in [6.07, 6.45) is 9.28. The van der Waals surface area contributed by atoms with E-state index in [0.717, 1.165) is 5.82 Å². The van der Waals surface area contributed by atoms with E-state index in [0.29, 0.717) is 12.2 Å². The topological polar surface area (TPSA) is 22.6 Å². The van der Waals surface area contributed by atoms with Crippen molar-refractivity contribution in [3.63, 3.8) is 0 Å². The smallest absolute Gasteiger partial charge is 0.148 e. The largest absolute Gasteiger partial charge is 0.282 e. The third-order valence-electron chi connectivity index (χ3n) is 6.18. The fraction of sp³-hybridized carbons (Fsp3) is 0.409. The van der Waals surface area contributed by atoms with Gasteiger partial charge in [-0.3, -0.25) is 9.91 Å². The molecule has 3 aliphatic rings. The number of likely N-dealkylation sites (tertiary alicyclic amines) is 1. The number of hydrogen-bond acceptors (Lipinski definition) is 4. The highest BCUT2D eigenvalue weighted by Crippen LogP contribution is 2.54. The summed E-state index contributed by atoms with van der Waals surface area (Å²) in [5.74, 6) is 1.03. The van der Waals surface area contributed by atoms with Gasteiger partial charge in [0.1, 0.15) is 12.0 Å². The fourth-order valence-electron chi connectivity index (χ4n) is 5.16. The highest BCUT2D eigenvalue weighted by atomic mass is 15.7. The van der Waals surface area contributed by atoms with Crippen LogP contribution in [0.4, 0.5) is 5.82 Å². The molecule has 26 heavy (non-hydrogen) atoms. The van der Waals surface area contributed by atoms with Gasteiger partial charge in [0, 0.05) is 30.9 Å². The number of fused-ring (bicyclic) bond motifs is 3. The van der Waals surface area contributed by atoms with E-state index < -0.39 is 0 Å². The van der Waals surface area contributed by atoms with Gasteiger partial charge < -0.3 is 0 Å². The number of aromatic nitrogens is 1. The van der Waals surface area contributed by atoms with Gasteiger partial charge in [0.2, 0.25) is 0 Å². The summed E-state index contributed by atoms with van der Waals surface area (Å²) < 4.78 is 0. The van der Waals surface area contributed by atoms with Gasteiger partial charge >= 0.3 is 0 Å². The molecule has 1 aromatic heterocycles. The Bertz CT molecular complexity index is 823. The third kappa shape index (κ3) is 2.21. The van der Waals surface area contributed by atoms with Gasteiger partial charge in [-0.15, -0.1) is 0 Å². The van der Waals surface area contributed by atoms with Gasteiger partial charge in [-0.1, -0.05) is 44.2 Å². The molecule has 1 aromatic carbocycles. The maximum Gasteiger partial charge on any atom is 0.148 e. The predicted molar refractivity (Wildman–Crippen MR) is 105 cm³/mol. The zero-order valence-electron chi connectivity index (χ0n) is 15.5. The molecule has 3 aliphatic heterocycles. The van der Waals surface area contributed by atoms with Crippen molar-refractivity contribution in [2.24, 2.45) is 5.41 Å². The van der Waals surface area contributed by atoms with E-state index in [1.165, 1.54) is 37.1 Å². The Kier molecular flexibility index (Phi) is 3.57. The Morgan fingerprint density at radius 3 is 2.54 bits per heavy atom. The van der Waals surface area contributed by atoms with Crippen molar-refractivity contribution >= 4 is 11.9 Å². The number of anilines is 1. The first kappa shape index (κ1) is 15.9. The van der Waals surface area contributed by atoms with Crippen LogP contribution in [0.15, 0.2) is 54.9 Å². The van der Waals surface area contributed by atoms with E-state index in [4.69, 9.17) is 4.98 Å². The Morgan fingerprint density at radius 2 is 1.77 bits per heavy atom. The van der Waals surface area contributed by atoms with Crippen LogP contribution in [-0.4, -0.2) is 34.1 Å². The van der Waals surface area contributed by atoms with E-state index in [2.05, 4.69) is 77.4 Å². The summed E-state index contributed by atoms with van der Waals surface area (Å²) >= 11 is 0. The van der Waals surface area contributed by atoms with Crippen molar-refractivity contribution in [1.82, 2.24) is 14.9 Å². The average molecular weight is 346 g/mol. The maximum atomic E-state index is 4.72. The molecule has 134 valence electrons. The number of hydrazine groups is 1. The molecule has 2 aromatic rings. The van der Waals surface area contributed by atoms with Gasteiger partial charge in [0.05, 0.1) is 6.04 Å². The molecule has 4 heterocycles. The number of rotatable bonds is 2. The van der Waals surface area contributed by atoms with E-state index in [9.17, 15) is 0 Å². The molecule has 2 saturated heterocycles. The summed E-state index contributed by atoms with van der Waals surface area (Å²) in [4.78, 5) is 7.37. The fourth-order valence-corrected chi connectivity index (χ4v) is 5.16. The van der Waals surface area contributed by atoms with Crippen molar-refractivity contribution in [3.8, 4) is 0 Å². The summed E-state index contributed by atoms with van der Waals surface area (Å²) in [7, 11) is 0. The zero-order chi connectivity index (χ0) is 17.7. The van der Waals surface area contributed by atoms with E-state index in [-0.39, 0.29) is 5.41 Å². The Hall–Kier alpha value is -2.33. The van der Waals surface area contributed by atoms with Crippen LogP contribution in [0, 0.1) is 5.41 Å². The summed E-state index contributed by atoms with van der Waals surface area (Å²) in [5.41, 5.74) is 2.83. The molecule has 0 bridgehead atoms. The molecule has 0 radical (unpaired) electrons.